The molecule has 5 N–H and O–H groups in total. The minimum absolute atomic E-state index is 0.00145. The van der Waals surface area contributed by atoms with Crippen LogP contribution in [0.2, 0.25) is 0 Å². The van der Waals surface area contributed by atoms with Crippen molar-refractivity contribution in [2.24, 2.45) is 0 Å². The zero-order valence-corrected chi connectivity index (χ0v) is 24.0. The predicted octanol–water partition coefficient (Wildman–Crippen LogP) is 0.175. The van der Waals surface area contributed by atoms with E-state index in [0.717, 1.165) is 0 Å². The van der Waals surface area contributed by atoms with Gasteiger partial charge in [-0.05, 0) is 43.5 Å². The Kier molecular flexibility index (Phi) is 8.96. The van der Waals surface area contributed by atoms with Crippen molar-refractivity contribution >= 4 is 31.1 Å². The van der Waals surface area contributed by atoms with Gasteiger partial charge in [-0.1, -0.05) is 6.07 Å². The second kappa shape index (κ2) is 12.3. The first-order chi connectivity index (χ1) is 19.6. The highest BCUT2D eigenvalue weighted by Crippen LogP contribution is 2.37. The van der Waals surface area contributed by atoms with E-state index in [1.54, 1.807) is 24.4 Å². The molecule has 15 heteroatoms. The summed E-state index contributed by atoms with van der Waals surface area (Å²) in [6, 6.07) is 9.31. The first-order valence-corrected chi connectivity index (χ1v) is 16.3. The Hall–Kier alpha value is -2.63. The topological polar surface area (TPSA) is 183 Å². The Morgan fingerprint density at radius 3 is 2.76 bits per heavy atom. The second-order valence-electron chi connectivity index (χ2n) is 10.3. The number of H-pyrrole nitrogens is 1. The third kappa shape index (κ3) is 6.89. The third-order valence-electron chi connectivity index (χ3n) is 7.46. The molecule has 0 radical (unpaired) electrons. The van der Waals surface area contributed by atoms with Gasteiger partial charge in [-0.3, -0.25) is 4.98 Å². The zero-order chi connectivity index (χ0) is 29.1. The van der Waals surface area contributed by atoms with E-state index < -0.39 is 31.8 Å². The van der Waals surface area contributed by atoms with Crippen LogP contribution in [0.25, 0.3) is 11.0 Å². The van der Waals surface area contributed by atoms with Gasteiger partial charge in [-0.2, -0.15) is 4.31 Å². The van der Waals surface area contributed by atoms with Crippen molar-refractivity contribution in [2.45, 2.75) is 46.8 Å². The molecule has 2 aliphatic heterocycles. The van der Waals surface area contributed by atoms with E-state index in [9.17, 15) is 21.9 Å². The number of piperidine rings is 1. The van der Waals surface area contributed by atoms with Crippen molar-refractivity contribution in [1.29, 1.82) is 0 Å². The number of aromatic amines is 1. The van der Waals surface area contributed by atoms with Gasteiger partial charge in [0.15, 0.2) is 0 Å². The number of aliphatic hydroxyl groups excluding tert-OH is 2. The van der Waals surface area contributed by atoms with Crippen molar-refractivity contribution in [3.05, 3.63) is 48.8 Å². The summed E-state index contributed by atoms with van der Waals surface area (Å²) in [4.78, 5) is 7.40. The van der Waals surface area contributed by atoms with Gasteiger partial charge in [-0.15, -0.1) is 0 Å². The van der Waals surface area contributed by atoms with Crippen molar-refractivity contribution < 1.29 is 36.5 Å². The fraction of sp³-hybridized carbons (Fsp3) is 0.500. The fourth-order valence-corrected chi connectivity index (χ4v) is 7.68. The highest BCUT2D eigenvalue weighted by atomic mass is 32.2. The molecule has 41 heavy (non-hydrogen) atoms. The summed E-state index contributed by atoms with van der Waals surface area (Å²) in [7, 11) is -7.44. The van der Waals surface area contributed by atoms with Crippen LogP contribution in [0.15, 0.2) is 58.6 Å². The molecule has 1 aromatic carbocycles. The number of ether oxygens (including phenoxy) is 2. The average molecular weight is 610 g/mol. The molecule has 0 saturated carbocycles. The molecular formula is C26H35N5O8S2. The molecule has 2 atom stereocenters. The predicted molar refractivity (Wildman–Crippen MR) is 149 cm³/mol. The number of rotatable bonds is 12. The maximum atomic E-state index is 13.2. The number of hydrogen-bond acceptors (Lipinski definition) is 10. The van der Waals surface area contributed by atoms with Crippen molar-refractivity contribution in [3.8, 4) is 5.75 Å². The molecule has 2 aliphatic rings. The molecule has 1 spiro atoms. The second-order valence-corrected chi connectivity index (χ2v) is 14.1. The number of pyridine rings is 1. The average Bonchev–Trinajstić information content (AvgIpc) is 3.61. The molecule has 13 nitrogen and oxygen atoms in total. The third-order valence-corrected chi connectivity index (χ3v) is 10.8. The molecule has 0 bridgehead atoms. The van der Waals surface area contributed by atoms with Crippen molar-refractivity contribution in [3.63, 3.8) is 0 Å². The summed E-state index contributed by atoms with van der Waals surface area (Å²) >= 11 is 0. The highest BCUT2D eigenvalue weighted by Gasteiger charge is 2.44. The number of nitrogens with one attached hydrogen (secondary N) is 3. The van der Waals surface area contributed by atoms with Crippen LogP contribution in [0.4, 0.5) is 0 Å². The molecule has 0 aliphatic carbocycles. The summed E-state index contributed by atoms with van der Waals surface area (Å²) < 4.78 is 66.4. The van der Waals surface area contributed by atoms with Crippen LogP contribution in [-0.4, -0.2) is 105 Å². The number of fused-ring (bicyclic) bond motifs is 1. The Labute approximate surface area is 239 Å². The molecule has 4 heterocycles. The first kappa shape index (κ1) is 29.8. The summed E-state index contributed by atoms with van der Waals surface area (Å²) in [6.07, 6.45) is 4.11. The molecule has 3 aromatic rings. The Morgan fingerprint density at radius 2 is 1.98 bits per heavy atom. The van der Waals surface area contributed by atoms with Gasteiger partial charge >= 0.3 is 0 Å². The molecule has 2 aromatic heterocycles. The molecule has 0 unspecified atom stereocenters. The highest BCUT2D eigenvalue weighted by molar-refractivity contribution is 7.89. The number of aromatic nitrogens is 2. The Morgan fingerprint density at radius 1 is 1.17 bits per heavy atom. The van der Waals surface area contributed by atoms with Gasteiger partial charge in [0.25, 0.3) is 0 Å². The maximum Gasteiger partial charge on any atom is 0.244 e. The summed E-state index contributed by atoms with van der Waals surface area (Å²) in [5, 5.41) is 22.6. The van der Waals surface area contributed by atoms with Gasteiger partial charge in [-0.25, -0.2) is 21.6 Å². The quantitative estimate of drug-likeness (QED) is 0.190. The molecule has 2 saturated heterocycles. The van der Waals surface area contributed by atoms with Crippen LogP contribution in [0.1, 0.15) is 19.3 Å². The van der Waals surface area contributed by atoms with Gasteiger partial charge < -0.3 is 30.0 Å². The Bertz CT molecular complexity index is 1550. The largest absolute Gasteiger partial charge is 0.491 e. The van der Waals surface area contributed by atoms with Crippen LogP contribution >= 0.6 is 0 Å². The standard InChI is InChI=1S/C26H35N5O8S2/c32-11-8-30-40(34,35)22-3-1-2-21(12-22)38-18-20(33)15-28-19-14-26(39-17-19)5-9-31(10-6-26)41(36,37)23-13-25-24(29-16-23)4-7-27-25/h1-4,7,12-13,16,19-20,27-28,30,32-33H,5-6,8-11,14-15,17-18H2/t19-,20+/m1/s1. The summed E-state index contributed by atoms with van der Waals surface area (Å²) in [5.74, 6) is 0.296. The van der Waals surface area contributed by atoms with Gasteiger partial charge in [0.05, 0.1) is 34.7 Å². The maximum absolute atomic E-state index is 13.2. The van der Waals surface area contributed by atoms with Crippen LogP contribution in [-0.2, 0) is 24.8 Å². The lowest BCUT2D eigenvalue weighted by Crippen LogP contribution is -2.47. The van der Waals surface area contributed by atoms with Crippen LogP contribution in [0.3, 0.4) is 0 Å². The normalized spacial score (nSPS) is 20.5. The van der Waals surface area contributed by atoms with Crippen molar-refractivity contribution in [2.75, 3.05) is 46.0 Å². The minimum atomic E-state index is -3.77. The first-order valence-electron chi connectivity index (χ1n) is 13.4. The SMILES string of the molecule is O=S(=O)(NCCO)c1cccc(OC[C@@H](O)CN[C@H]2COC3(CCN(S(=O)(=O)c4cnc5cc[nH]c5c4)CC3)C2)c1. The molecule has 2 fully saturated rings. The number of aliphatic hydroxyl groups is 2. The number of benzene rings is 1. The monoisotopic (exact) mass is 609 g/mol. The molecule has 224 valence electrons. The van der Waals surface area contributed by atoms with Crippen molar-refractivity contribution in [1.82, 2.24) is 24.3 Å². The van der Waals surface area contributed by atoms with Crippen LogP contribution in [0.5, 0.6) is 5.75 Å². The Balaban J connectivity index is 1.07. The van der Waals surface area contributed by atoms with E-state index in [1.165, 1.54) is 28.7 Å². The van der Waals surface area contributed by atoms with Gasteiger partial charge in [0.1, 0.15) is 23.4 Å². The van der Waals surface area contributed by atoms with E-state index in [1.807, 2.05) is 0 Å². The van der Waals surface area contributed by atoms with E-state index in [0.29, 0.717) is 55.7 Å². The molecular weight excluding hydrogens is 574 g/mol. The lowest BCUT2D eigenvalue weighted by Gasteiger charge is -2.38. The number of sulfonamides is 2. The lowest BCUT2D eigenvalue weighted by atomic mass is 9.88. The molecule has 0 amide bonds. The number of hydrogen-bond donors (Lipinski definition) is 5. The van der Waals surface area contributed by atoms with Gasteiger partial charge in [0.2, 0.25) is 20.0 Å². The smallest absolute Gasteiger partial charge is 0.244 e. The van der Waals surface area contributed by atoms with Crippen LogP contribution < -0.4 is 14.8 Å². The van der Waals surface area contributed by atoms with E-state index in [-0.39, 0.29) is 42.1 Å². The molecule has 5 rings (SSSR count). The minimum Gasteiger partial charge on any atom is -0.491 e. The summed E-state index contributed by atoms with van der Waals surface area (Å²) in [5.41, 5.74) is 0.972. The van der Waals surface area contributed by atoms with E-state index in [2.05, 4.69) is 20.0 Å². The zero-order valence-electron chi connectivity index (χ0n) is 22.4. The summed E-state index contributed by atoms with van der Waals surface area (Å²) in [6.45, 7) is 0.936. The fourth-order valence-electron chi connectivity index (χ4n) is 5.21. The van der Waals surface area contributed by atoms with Crippen LogP contribution in [0, 0.1) is 0 Å². The lowest BCUT2D eigenvalue weighted by molar-refractivity contribution is -0.0312. The van der Waals surface area contributed by atoms with Gasteiger partial charge in [0, 0.05) is 50.7 Å². The van der Waals surface area contributed by atoms with E-state index >= 15 is 0 Å². The van der Waals surface area contributed by atoms with E-state index in [4.69, 9.17) is 14.6 Å². The number of nitrogens with zero attached hydrogens (tertiary/aromatic N) is 2.